The molecule has 218 valence electrons. The third-order valence-electron chi connectivity index (χ3n) is 6.80. The van der Waals surface area contributed by atoms with E-state index in [4.69, 9.17) is 9.47 Å². The standard InChI is InChI=1S/C31H37N3O6S/c1-22(2)32-31(36)27(18-24-11-6-5-7-12-24)33(20-25-13-9-8-10-23(25)3)30(35)21-34(41(4,37)38)26-14-15-28-29(19-26)40-17-16-39-28/h5-15,19,22,27H,16-18,20-21H2,1-4H3,(H,32,36). The van der Waals surface area contributed by atoms with Crippen LogP contribution < -0.4 is 19.1 Å². The van der Waals surface area contributed by atoms with Crippen LogP contribution in [0.3, 0.4) is 0 Å². The molecule has 1 unspecified atom stereocenters. The molecule has 9 nitrogen and oxygen atoms in total. The minimum Gasteiger partial charge on any atom is -0.486 e. The third-order valence-corrected chi connectivity index (χ3v) is 7.94. The number of amides is 2. The van der Waals surface area contributed by atoms with Crippen LogP contribution in [0.1, 0.15) is 30.5 Å². The van der Waals surface area contributed by atoms with E-state index in [-0.39, 0.29) is 30.6 Å². The molecule has 1 heterocycles. The average molecular weight is 580 g/mol. The van der Waals surface area contributed by atoms with Crippen molar-refractivity contribution in [2.24, 2.45) is 0 Å². The molecule has 0 bridgehead atoms. The van der Waals surface area contributed by atoms with E-state index < -0.39 is 28.5 Å². The van der Waals surface area contributed by atoms with Gasteiger partial charge in [0.15, 0.2) is 11.5 Å². The number of aryl methyl sites for hydroxylation is 1. The largest absolute Gasteiger partial charge is 0.486 e. The average Bonchev–Trinajstić information content (AvgIpc) is 2.93. The van der Waals surface area contributed by atoms with Crippen molar-refractivity contribution >= 4 is 27.5 Å². The second kappa shape index (κ2) is 13.1. The zero-order valence-electron chi connectivity index (χ0n) is 23.9. The Bertz CT molecular complexity index is 1480. The minimum absolute atomic E-state index is 0.132. The van der Waals surface area contributed by atoms with Gasteiger partial charge in [0.25, 0.3) is 0 Å². The van der Waals surface area contributed by atoms with E-state index >= 15 is 0 Å². The lowest BCUT2D eigenvalue weighted by molar-refractivity contribution is -0.140. The molecule has 2 amide bonds. The zero-order chi connectivity index (χ0) is 29.6. The van der Waals surface area contributed by atoms with Crippen molar-refractivity contribution in [3.8, 4) is 11.5 Å². The SMILES string of the molecule is Cc1ccccc1CN(C(=O)CN(c1ccc2c(c1)OCCO2)S(C)(=O)=O)C(Cc1ccccc1)C(=O)NC(C)C. The monoisotopic (exact) mass is 579 g/mol. The van der Waals surface area contributed by atoms with Crippen molar-refractivity contribution < 1.29 is 27.5 Å². The summed E-state index contributed by atoms with van der Waals surface area (Å²) in [4.78, 5) is 29.3. The lowest BCUT2D eigenvalue weighted by Gasteiger charge is -2.34. The summed E-state index contributed by atoms with van der Waals surface area (Å²) in [7, 11) is -3.89. The zero-order valence-corrected chi connectivity index (χ0v) is 24.7. The van der Waals surface area contributed by atoms with Crippen LogP contribution in [0.25, 0.3) is 0 Å². The van der Waals surface area contributed by atoms with Crippen molar-refractivity contribution in [3.05, 3.63) is 89.5 Å². The van der Waals surface area contributed by atoms with Gasteiger partial charge in [0, 0.05) is 25.1 Å². The second-order valence-corrected chi connectivity index (χ2v) is 12.3. The smallest absolute Gasteiger partial charge is 0.244 e. The number of fused-ring (bicyclic) bond motifs is 1. The normalized spacial score (nSPS) is 13.4. The van der Waals surface area contributed by atoms with E-state index in [9.17, 15) is 18.0 Å². The van der Waals surface area contributed by atoms with E-state index in [0.717, 1.165) is 27.3 Å². The highest BCUT2D eigenvalue weighted by molar-refractivity contribution is 7.92. The van der Waals surface area contributed by atoms with E-state index in [2.05, 4.69) is 5.32 Å². The number of sulfonamides is 1. The molecule has 10 heteroatoms. The van der Waals surface area contributed by atoms with Crippen LogP contribution in [0.5, 0.6) is 11.5 Å². The molecule has 3 aromatic carbocycles. The molecule has 1 aliphatic heterocycles. The molecule has 0 aromatic heterocycles. The Morgan fingerprint density at radius 2 is 1.59 bits per heavy atom. The summed E-state index contributed by atoms with van der Waals surface area (Å²) in [5.74, 6) is 0.101. The number of anilines is 1. The van der Waals surface area contributed by atoms with Crippen molar-refractivity contribution in [3.63, 3.8) is 0 Å². The molecule has 3 aromatic rings. The number of benzene rings is 3. The van der Waals surface area contributed by atoms with Gasteiger partial charge in [0.1, 0.15) is 25.8 Å². The van der Waals surface area contributed by atoms with Crippen LogP contribution in [0.2, 0.25) is 0 Å². The molecular weight excluding hydrogens is 542 g/mol. The van der Waals surface area contributed by atoms with Crippen molar-refractivity contribution in [1.82, 2.24) is 10.2 Å². The maximum Gasteiger partial charge on any atom is 0.244 e. The Kier molecular flexibility index (Phi) is 9.54. The van der Waals surface area contributed by atoms with Gasteiger partial charge in [-0.1, -0.05) is 54.6 Å². The van der Waals surface area contributed by atoms with Crippen molar-refractivity contribution in [2.75, 3.05) is 30.3 Å². The highest BCUT2D eigenvalue weighted by Crippen LogP contribution is 2.34. The molecule has 0 aliphatic carbocycles. The number of hydrogen-bond donors (Lipinski definition) is 1. The van der Waals surface area contributed by atoms with Crippen molar-refractivity contribution in [1.29, 1.82) is 0 Å². The summed E-state index contributed by atoms with van der Waals surface area (Å²) in [5, 5.41) is 2.95. The van der Waals surface area contributed by atoms with Gasteiger partial charge in [-0.05, 0) is 49.6 Å². The molecule has 0 saturated carbocycles. The first kappa shape index (κ1) is 29.9. The number of carbonyl (C=O) groups is 2. The Morgan fingerprint density at radius 3 is 2.24 bits per heavy atom. The van der Waals surface area contributed by atoms with Crippen LogP contribution in [0, 0.1) is 6.92 Å². The van der Waals surface area contributed by atoms with Crippen LogP contribution in [-0.4, -0.2) is 63.2 Å². The van der Waals surface area contributed by atoms with E-state index in [1.54, 1.807) is 18.2 Å². The van der Waals surface area contributed by atoms with Gasteiger partial charge in [0.05, 0.1) is 11.9 Å². The van der Waals surface area contributed by atoms with Gasteiger partial charge in [-0.15, -0.1) is 0 Å². The summed E-state index contributed by atoms with van der Waals surface area (Å²) in [6.45, 7) is 6.03. The first-order chi connectivity index (χ1) is 19.5. The molecule has 4 rings (SSSR count). The molecule has 0 saturated heterocycles. The minimum atomic E-state index is -3.89. The number of carbonyl (C=O) groups excluding carboxylic acids is 2. The number of hydrogen-bond acceptors (Lipinski definition) is 6. The summed E-state index contributed by atoms with van der Waals surface area (Å²) < 4.78 is 38.3. The topological polar surface area (TPSA) is 105 Å². The van der Waals surface area contributed by atoms with E-state index in [0.29, 0.717) is 24.7 Å². The van der Waals surface area contributed by atoms with Gasteiger partial charge in [-0.25, -0.2) is 8.42 Å². The Labute approximate surface area is 242 Å². The molecule has 0 fully saturated rings. The highest BCUT2D eigenvalue weighted by Gasteiger charge is 2.33. The second-order valence-electron chi connectivity index (χ2n) is 10.4. The van der Waals surface area contributed by atoms with Crippen LogP contribution in [0.15, 0.2) is 72.8 Å². The van der Waals surface area contributed by atoms with E-state index in [1.165, 1.54) is 4.90 Å². The maximum atomic E-state index is 14.2. The summed E-state index contributed by atoms with van der Waals surface area (Å²) >= 11 is 0. The number of ether oxygens (including phenoxy) is 2. The fourth-order valence-corrected chi connectivity index (χ4v) is 5.55. The van der Waals surface area contributed by atoms with Gasteiger partial charge < -0.3 is 19.7 Å². The fraction of sp³-hybridized carbons (Fsp3) is 0.355. The summed E-state index contributed by atoms with van der Waals surface area (Å²) in [6, 6.07) is 20.8. The molecule has 0 radical (unpaired) electrons. The molecule has 0 spiro atoms. The van der Waals surface area contributed by atoms with Gasteiger partial charge in [-0.2, -0.15) is 0 Å². The Morgan fingerprint density at radius 1 is 0.927 bits per heavy atom. The van der Waals surface area contributed by atoms with Gasteiger partial charge in [0.2, 0.25) is 21.8 Å². The van der Waals surface area contributed by atoms with E-state index in [1.807, 2.05) is 75.4 Å². The predicted molar refractivity (Wildman–Crippen MR) is 159 cm³/mol. The third kappa shape index (κ3) is 7.79. The highest BCUT2D eigenvalue weighted by atomic mass is 32.2. The van der Waals surface area contributed by atoms with Crippen LogP contribution >= 0.6 is 0 Å². The Balaban J connectivity index is 1.74. The van der Waals surface area contributed by atoms with Gasteiger partial charge >= 0.3 is 0 Å². The maximum absolute atomic E-state index is 14.2. The number of nitrogens with zero attached hydrogens (tertiary/aromatic N) is 2. The Hall–Kier alpha value is -4.05. The lowest BCUT2D eigenvalue weighted by Crippen LogP contribution is -2.54. The first-order valence-corrected chi connectivity index (χ1v) is 15.4. The number of rotatable bonds is 11. The molecule has 41 heavy (non-hydrogen) atoms. The quantitative estimate of drug-likeness (QED) is 0.372. The number of nitrogens with one attached hydrogen (secondary N) is 1. The van der Waals surface area contributed by atoms with Crippen LogP contribution in [-0.2, 0) is 32.6 Å². The molecule has 1 N–H and O–H groups in total. The van der Waals surface area contributed by atoms with Gasteiger partial charge in [-0.3, -0.25) is 13.9 Å². The molecular formula is C31H37N3O6S. The summed E-state index contributed by atoms with van der Waals surface area (Å²) in [5.41, 5.74) is 2.97. The fourth-order valence-electron chi connectivity index (χ4n) is 4.71. The van der Waals surface area contributed by atoms with Crippen LogP contribution in [0.4, 0.5) is 5.69 Å². The predicted octanol–water partition coefficient (Wildman–Crippen LogP) is 3.70. The van der Waals surface area contributed by atoms with Crippen molar-refractivity contribution in [2.45, 2.75) is 45.8 Å². The molecule has 1 atom stereocenters. The molecule has 1 aliphatic rings. The summed E-state index contributed by atoms with van der Waals surface area (Å²) in [6.07, 6.45) is 1.32. The lowest BCUT2D eigenvalue weighted by atomic mass is 10.0. The first-order valence-electron chi connectivity index (χ1n) is 13.6.